The van der Waals surface area contributed by atoms with Gasteiger partial charge in [0.15, 0.2) is 0 Å². The maximum atomic E-state index is 13.4. The van der Waals surface area contributed by atoms with Crippen LogP contribution in [-0.4, -0.2) is 23.0 Å². The lowest BCUT2D eigenvalue weighted by atomic mass is 9.50. The Morgan fingerprint density at radius 3 is 2.53 bits per heavy atom. The van der Waals surface area contributed by atoms with Gasteiger partial charge in [0, 0.05) is 0 Å². The van der Waals surface area contributed by atoms with Crippen LogP contribution < -0.4 is 4.74 Å². The van der Waals surface area contributed by atoms with Gasteiger partial charge in [0.1, 0.15) is 12.4 Å². The van der Waals surface area contributed by atoms with E-state index in [-0.39, 0.29) is 36.8 Å². The molecule has 2 aliphatic rings. The number of fused-ring (bicyclic) bond motifs is 3. The third-order valence-electron chi connectivity index (χ3n) is 7.78. The molecule has 0 unspecified atom stereocenters. The lowest BCUT2D eigenvalue weighted by Crippen LogP contribution is -2.52. The van der Waals surface area contributed by atoms with Crippen LogP contribution in [0.3, 0.4) is 0 Å². The number of carboxylic acids is 1. The van der Waals surface area contributed by atoms with Gasteiger partial charge in [-0.25, -0.2) is 0 Å². The number of ether oxygens (including phenoxy) is 2. The number of esters is 2. The molecule has 4 rings (SSSR count). The maximum Gasteiger partial charge on any atom is 0.312 e. The summed E-state index contributed by atoms with van der Waals surface area (Å²) in [4.78, 5) is 36.2. The molecule has 0 aromatic heterocycles. The molecule has 0 radical (unpaired) electrons. The molecule has 6 heteroatoms. The van der Waals surface area contributed by atoms with E-state index in [0.29, 0.717) is 5.75 Å². The molecular weight excluding hydrogens is 432 g/mol. The predicted molar refractivity (Wildman–Crippen MR) is 126 cm³/mol. The molecule has 0 aliphatic heterocycles. The van der Waals surface area contributed by atoms with Gasteiger partial charge in [-0.2, -0.15) is 0 Å². The summed E-state index contributed by atoms with van der Waals surface area (Å²) in [6.45, 7) is 4.53. The number of aryl methyl sites for hydroxylation is 1. The normalized spacial score (nSPS) is 25.5. The average Bonchev–Trinajstić information content (AvgIpc) is 2.82. The zero-order valence-corrected chi connectivity index (χ0v) is 19.8. The van der Waals surface area contributed by atoms with Crippen LogP contribution in [0.4, 0.5) is 0 Å². The Morgan fingerprint density at radius 2 is 1.79 bits per heavy atom. The second-order valence-electron chi connectivity index (χ2n) is 10.0. The summed E-state index contributed by atoms with van der Waals surface area (Å²) < 4.78 is 11.3. The Kier molecular flexibility index (Phi) is 6.78. The molecule has 3 atom stereocenters. The van der Waals surface area contributed by atoms with Crippen LogP contribution in [0.25, 0.3) is 0 Å². The summed E-state index contributed by atoms with van der Waals surface area (Å²) in [6, 6.07) is 15.4. The lowest BCUT2D eigenvalue weighted by molar-refractivity contribution is -0.166. The van der Waals surface area contributed by atoms with Crippen molar-refractivity contribution in [2.24, 2.45) is 11.3 Å². The molecule has 34 heavy (non-hydrogen) atoms. The Hall–Kier alpha value is -3.15. The summed E-state index contributed by atoms with van der Waals surface area (Å²) in [5, 5.41) is 8.80. The molecule has 2 aromatic carbocycles. The highest BCUT2D eigenvalue weighted by molar-refractivity contribution is 5.79. The van der Waals surface area contributed by atoms with Crippen LogP contribution in [0.1, 0.15) is 69.1 Å². The minimum atomic E-state index is -1.03. The van der Waals surface area contributed by atoms with E-state index in [0.717, 1.165) is 43.2 Å². The fourth-order valence-corrected chi connectivity index (χ4v) is 6.03. The zero-order valence-electron chi connectivity index (χ0n) is 19.8. The number of aliphatic carboxylic acids is 1. The number of carbonyl (C=O) groups is 3. The average molecular weight is 465 g/mol. The van der Waals surface area contributed by atoms with Gasteiger partial charge in [-0.15, -0.1) is 0 Å². The fraction of sp³-hybridized carbons (Fsp3) is 0.464. The molecule has 2 aromatic rings. The first-order chi connectivity index (χ1) is 16.2. The largest absolute Gasteiger partial charge is 0.481 e. The maximum absolute atomic E-state index is 13.4. The number of hydrogen-bond acceptors (Lipinski definition) is 5. The molecule has 1 saturated carbocycles. The van der Waals surface area contributed by atoms with Crippen LogP contribution in [0.5, 0.6) is 5.75 Å². The van der Waals surface area contributed by atoms with Crippen LogP contribution in [-0.2, 0) is 37.6 Å². The Morgan fingerprint density at radius 1 is 1.03 bits per heavy atom. The van der Waals surface area contributed by atoms with Crippen molar-refractivity contribution < 1.29 is 29.0 Å². The zero-order chi connectivity index (χ0) is 24.3. The van der Waals surface area contributed by atoms with Gasteiger partial charge >= 0.3 is 17.9 Å². The quantitative estimate of drug-likeness (QED) is 0.447. The van der Waals surface area contributed by atoms with E-state index < -0.39 is 17.4 Å². The molecule has 0 bridgehead atoms. The second-order valence-corrected chi connectivity index (χ2v) is 10.0. The minimum absolute atomic E-state index is 0.113. The van der Waals surface area contributed by atoms with Gasteiger partial charge in [0.25, 0.3) is 0 Å². The van der Waals surface area contributed by atoms with Gasteiger partial charge in [-0.3, -0.25) is 14.4 Å². The van der Waals surface area contributed by atoms with Gasteiger partial charge in [-0.1, -0.05) is 49.7 Å². The van der Waals surface area contributed by atoms with Crippen molar-refractivity contribution in [1.82, 2.24) is 0 Å². The molecule has 0 spiro atoms. The fourth-order valence-electron chi connectivity index (χ4n) is 6.03. The predicted octanol–water partition coefficient (Wildman–Crippen LogP) is 5.21. The molecule has 2 aliphatic carbocycles. The van der Waals surface area contributed by atoms with Crippen molar-refractivity contribution in [2.45, 2.75) is 70.8 Å². The van der Waals surface area contributed by atoms with Crippen LogP contribution >= 0.6 is 0 Å². The summed E-state index contributed by atoms with van der Waals surface area (Å²) in [5.41, 5.74) is 2.48. The van der Waals surface area contributed by atoms with Crippen molar-refractivity contribution in [3.8, 4) is 5.75 Å². The van der Waals surface area contributed by atoms with Crippen molar-refractivity contribution >= 4 is 17.9 Å². The molecule has 0 amide bonds. The van der Waals surface area contributed by atoms with Gasteiger partial charge in [0.2, 0.25) is 0 Å². The summed E-state index contributed by atoms with van der Waals surface area (Å²) in [7, 11) is 0. The van der Waals surface area contributed by atoms with E-state index in [1.807, 2.05) is 49.4 Å². The SMILES string of the molecule is C[C@]1(C(=O)OCc2ccccc2)CCC[C@]2(C)c3cc(OC(=O)CCC(=O)O)ccc3CC[C@@H]12. The molecule has 0 saturated heterocycles. The van der Waals surface area contributed by atoms with Crippen molar-refractivity contribution in [2.75, 3.05) is 0 Å². The Bertz CT molecular complexity index is 1080. The number of rotatable bonds is 7. The highest BCUT2D eigenvalue weighted by Crippen LogP contribution is 2.58. The summed E-state index contributed by atoms with van der Waals surface area (Å²) in [5.74, 6) is -1.19. The number of carbonyl (C=O) groups excluding carboxylic acids is 2. The number of hydrogen-bond donors (Lipinski definition) is 1. The molecule has 0 heterocycles. The van der Waals surface area contributed by atoms with Gasteiger partial charge < -0.3 is 14.6 Å². The first-order valence-electron chi connectivity index (χ1n) is 12.0. The van der Waals surface area contributed by atoms with E-state index in [9.17, 15) is 14.4 Å². The monoisotopic (exact) mass is 464 g/mol. The highest BCUT2D eigenvalue weighted by Gasteiger charge is 2.55. The first-order valence-corrected chi connectivity index (χ1v) is 12.0. The van der Waals surface area contributed by atoms with E-state index in [4.69, 9.17) is 14.6 Å². The summed E-state index contributed by atoms with van der Waals surface area (Å²) >= 11 is 0. The lowest BCUT2D eigenvalue weighted by Gasteiger charge is -2.54. The topological polar surface area (TPSA) is 89.9 Å². The highest BCUT2D eigenvalue weighted by atomic mass is 16.5. The smallest absolute Gasteiger partial charge is 0.312 e. The standard InChI is InChI=1S/C28H32O6/c1-27-15-6-16-28(2,26(32)33-18-19-7-4-3-5-8-19)23(27)12-10-20-9-11-21(17-22(20)27)34-25(31)14-13-24(29)30/h3-5,7-9,11,17,23H,6,10,12-16,18H2,1-2H3,(H,29,30)/t23-,27-,28+/m1/s1. The van der Waals surface area contributed by atoms with Crippen LogP contribution in [0.15, 0.2) is 48.5 Å². The summed E-state index contributed by atoms with van der Waals surface area (Å²) in [6.07, 6.45) is 3.97. The second kappa shape index (κ2) is 9.61. The van der Waals surface area contributed by atoms with Crippen molar-refractivity contribution in [3.63, 3.8) is 0 Å². The van der Waals surface area contributed by atoms with E-state index in [2.05, 4.69) is 6.92 Å². The van der Waals surface area contributed by atoms with Crippen molar-refractivity contribution in [1.29, 1.82) is 0 Å². The molecule has 6 nitrogen and oxygen atoms in total. The van der Waals surface area contributed by atoms with Crippen LogP contribution in [0, 0.1) is 11.3 Å². The minimum Gasteiger partial charge on any atom is -0.481 e. The van der Waals surface area contributed by atoms with E-state index >= 15 is 0 Å². The Labute approximate surface area is 200 Å². The third-order valence-corrected chi connectivity index (χ3v) is 7.78. The van der Waals surface area contributed by atoms with E-state index in [1.54, 1.807) is 6.07 Å². The van der Waals surface area contributed by atoms with E-state index in [1.165, 1.54) is 5.56 Å². The first kappa shape index (κ1) is 24.0. The number of carboxylic acid groups (broad SMARTS) is 1. The molecule has 1 N–H and O–H groups in total. The van der Waals surface area contributed by atoms with Gasteiger partial charge in [-0.05, 0) is 72.8 Å². The molecule has 1 fully saturated rings. The number of benzene rings is 2. The Balaban J connectivity index is 1.54. The van der Waals surface area contributed by atoms with Gasteiger partial charge in [0.05, 0.1) is 18.3 Å². The third kappa shape index (κ3) is 4.72. The van der Waals surface area contributed by atoms with Crippen LogP contribution in [0.2, 0.25) is 0 Å². The molecule has 180 valence electrons. The molecular formula is C28H32O6. The van der Waals surface area contributed by atoms with Crippen molar-refractivity contribution in [3.05, 3.63) is 65.2 Å².